The Labute approximate surface area is 131 Å². The zero-order chi connectivity index (χ0) is 15.2. The topological polar surface area (TPSA) is 62.4 Å². The lowest BCUT2D eigenvalue weighted by molar-refractivity contribution is 0.0307. The van der Waals surface area contributed by atoms with Crippen molar-refractivity contribution in [3.8, 4) is 0 Å². The third kappa shape index (κ3) is 3.99. The van der Waals surface area contributed by atoms with Gasteiger partial charge in [0.05, 0.1) is 12.7 Å². The van der Waals surface area contributed by atoms with Crippen LogP contribution in [0.3, 0.4) is 0 Å². The highest BCUT2D eigenvalue weighted by Gasteiger charge is 2.20. The number of aryl methyl sites for hydroxylation is 1. The highest BCUT2D eigenvalue weighted by atomic mass is 16.5. The molecule has 1 aliphatic carbocycles. The summed E-state index contributed by atoms with van der Waals surface area (Å²) in [6.07, 6.45) is 3.58. The molecule has 22 heavy (non-hydrogen) atoms. The van der Waals surface area contributed by atoms with Crippen LogP contribution in [0.25, 0.3) is 0 Å². The van der Waals surface area contributed by atoms with Gasteiger partial charge in [-0.25, -0.2) is 4.79 Å². The molecule has 120 valence electrons. The van der Waals surface area contributed by atoms with Crippen molar-refractivity contribution >= 4 is 6.03 Å². The second-order valence-corrected chi connectivity index (χ2v) is 6.08. The molecule has 0 spiro atoms. The van der Waals surface area contributed by atoms with Crippen LogP contribution >= 0.6 is 0 Å². The third-order valence-corrected chi connectivity index (χ3v) is 4.50. The van der Waals surface area contributed by atoms with Gasteiger partial charge in [-0.05, 0) is 30.4 Å². The maximum absolute atomic E-state index is 11.9. The number of rotatable bonds is 4. The molecular weight excluding hydrogens is 278 g/mol. The first kappa shape index (κ1) is 15.3. The molecule has 0 saturated carbocycles. The van der Waals surface area contributed by atoms with Gasteiger partial charge in [-0.15, -0.1) is 0 Å². The van der Waals surface area contributed by atoms with Gasteiger partial charge in [0.1, 0.15) is 0 Å². The van der Waals surface area contributed by atoms with Crippen molar-refractivity contribution in [2.75, 3.05) is 32.8 Å². The smallest absolute Gasteiger partial charge is 0.314 e. The van der Waals surface area contributed by atoms with Gasteiger partial charge < -0.3 is 20.7 Å². The van der Waals surface area contributed by atoms with E-state index in [0.29, 0.717) is 25.6 Å². The lowest BCUT2D eigenvalue weighted by Crippen LogP contribution is -2.47. The molecule has 0 aromatic heterocycles. The number of ether oxygens (including phenoxy) is 1. The summed E-state index contributed by atoms with van der Waals surface area (Å²) in [6.45, 7) is 3.67. The van der Waals surface area contributed by atoms with Gasteiger partial charge in [-0.1, -0.05) is 24.3 Å². The van der Waals surface area contributed by atoms with E-state index >= 15 is 0 Å². The number of fused-ring (bicyclic) bond motifs is 1. The molecule has 2 atom stereocenters. The molecule has 1 aliphatic heterocycles. The molecular formula is C17H25N3O2. The van der Waals surface area contributed by atoms with Crippen molar-refractivity contribution in [2.24, 2.45) is 0 Å². The second kappa shape index (κ2) is 7.61. The number of carbonyl (C=O) groups excluding carboxylic acids is 1. The molecule has 2 aliphatic rings. The summed E-state index contributed by atoms with van der Waals surface area (Å²) in [7, 11) is 0. The summed E-state index contributed by atoms with van der Waals surface area (Å²) in [6, 6.07) is 8.48. The van der Waals surface area contributed by atoms with Gasteiger partial charge in [0.2, 0.25) is 0 Å². The third-order valence-electron chi connectivity index (χ3n) is 4.50. The van der Waals surface area contributed by atoms with Crippen LogP contribution in [0.4, 0.5) is 4.79 Å². The van der Waals surface area contributed by atoms with E-state index < -0.39 is 0 Å². The van der Waals surface area contributed by atoms with Crippen molar-refractivity contribution in [2.45, 2.75) is 31.3 Å². The average molecular weight is 303 g/mol. The van der Waals surface area contributed by atoms with Crippen molar-refractivity contribution in [1.29, 1.82) is 0 Å². The van der Waals surface area contributed by atoms with Gasteiger partial charge in [0.15, 0.2) is 0 Å². The Kier molecular flexibility index (Phi) is 5.29. The van der Waals surface area contributed by atoms with E-state index in [-0.39, 0.29) is 12.1 Å². The fourth-order valence-corrected chi connectivity index (χ4v) is 3.30. The van der Waals surface area contributed by atoms with Crippen LogP contribution in [0.2, 0.25) is 0 Å². The van der Waals surface area contributed by atoms with Crippen molar-refractivity contribution in [3.63, 3.8) is 0 Å². The summed E-state index contributed by atoms with van der Waals surface area (Å²) < 4.78 is 5.56. The van der Waals surface area contributed by atoms with Gasteiger partial charge in [-0.3, -0.25) is 0 Å². The minimum absolute atomic E-state index is 0.0786. The number of benzene rings is 1. The van der Waals surface area contributed by atoms with Gasteiger partial charge >= 0.3 is 6.03 Å². The number of carbonyl (C=O) groups is 1. The Bertz CT molecular complexity index is 500. The second-order valence-electron chi connectivity index (χ2n) is 6.08. The first-order chi connectivity index (χ1) is 10.8. The largest absolute Gasteiger partial charge is 0.374 e. The quantitative estimate of drug-likeness (QED) is 0.788. The van der Waals surface area contributed by atoms with Crippen molar-refractivity contribution in [1.82, 2.24) is 16.0 Å². The van der Waals surface area contributed by atoms with Crippen LogP contribution in [0.5, 0.6) is 0 Å². The zero-order valence-electron chi connectivity index (χ0n) is 12.9. The van der Waals surface area contributed by atoms with Crippen LogP contribution in [0.1, 0.15) is 29.9 Å². The Morgan fingerprint density at radius 3 is 3.00 bits per heavy atom. The monoisotopic (exact) mass is 303 g/mol. The van der Waals surface area contributed by atoms with E-state index in [1.54, 1.807) is 0 Å². The summed E-state index contributed by atoms with van der Waals surface area (Å²) in [5.41, 5.74) is 2.83. The normalized spacial score (nSPS) is 24.4. The Balaban J connectivity index is 1.43. The van der Waals surface area contributed by atoms with Crippen LogP contribution in [-0.4, -0.2) is 44.9 Å². The molecule has 3 rings (SSSR count). The molecule has 5 heteroatoms. The lowest BCUT2D eigenvalue weighted by Gasteiger charge is -2.26. The van der Waals surface area contributed by atoms with Crippen LogP contribution in [0, 0.1) is 0 Å². The SMILES string of the molecule is O=C(NCC1CNCCO1)NCC1CCCc2ccccc21. The minimum atomic E-state index is -0.0998. The zero-order valence-corrected chi connectivity index (χ0v) is 12.9. The fourth-order valence-electron chi connectivity index (χ4n) is 3.30. The highest BCUT2D eigenvalue weighted by Crippen LogP contribution is 2.30. The fraction of sp³-hybridized carbons (Fsp3) is 0.588. The van der Waals surface area contributed by atoms with E-state index in [4.69, 9.17) is 4.74 Å². The summed E-state index contributed by atoms with van der Waals surface area (Å²) in [5.74, 6) is 0.434. The first-order valence-corrected chi connectivity index (χ1v) is 8.25. The van der Waals surface area contributed by atoms with Gasteiger partial charge in [-0.2, -0.15) is 0 Å². The maximum atomic E-state index is 11.9. The number of morpholine rings is 1. The first-order valence-electron chi connectivity index (χ1n) is 8.25. The molecule has 3 N–H and O–H groups in total. The Morgan fingerprint density at radius 2 is 2.14 bits per heavy atom. The molecule has 0 radical (unpaired) electrons. The van der Waals surface area contributed by atoms with Crippen LogP contribution in [-0.2, 0) is 11.2 Å². The predicted molar refractivity (Wildman–Crippen MR) is 86.1 cm³/mol. The molecule has 5 nitrogen and oxygen atoms in total. The summed E-state index contributed by atoms with van der Waals surface area (Å²) in [4.78, 5) is 11.9. The minimum Gasteiger partial charge on any atom is -0.374 e. The summed E-state index contributed by atoms with van der Waals surface area (Å²) >= 11 is 0. The number of urea groups is 1. The molecule has 2 unspecified atom stereocenters. The molecule has 2 amide bonds. The summed E-state index contributed by atoms with van der Waals surface area (Å²) in [5, 5.41) is 9.16. The molecule has 1 aromatic rings. The maximum Gasteiger partial charge on any atom is 0.314 e. The van der Waals surface area contributed by atoms with Gasteiger partial charge in [0.25, 0.3) is 0 Å². The molecule has 1 saturated heterocycles. The molecule has 0 bridgehead atoms. The average Bonchev–Trinajstić information content (AvgIpc) is 2.59. The van der Waals surface area contributed by atoms with Crippen LogP contribution < -0.4 is 16.0 Å². The van der Waals surface area contributed by atoms with E-state index in [1.807, 2.05) is 0 Å². The van der Waals surface area contributed by atoms with E-state index in [2.05, 4.69) is 40.2 Å². The number of amides is 2. The molecule has 1 heterocycles. The number of nitrogens with one attached hydrogen (secondary N) is 3. The standard InChI is InChI=1S/C17H25N3O2/c21-17(20-12-15-11-18-8-9-22-15)19-10-14-6-3-5-13-4-1-2-7-16(13)14/h1-2,4,7,14-15,18H,3,5-6,8-12H2,(H2,19,20,21). The highest BCUT2D eigenvalue weighted by molar-refractivity contribution is 5.73. The van der Waals surface area contributed by atoms with E-state index in [1.165, 1.54) is 17.5 Å². The van der Waals surface area contributed by atoms with E-state index in [0.717, 1.165) is 25.9 Å². The Hall–Kier alpha value is -1.59. The number of hydrogen-bond donors (Lipinski definition) is 3. The lowest BCUT2D eigenvalue weighted by atomic mass is 9.83. The van der Waals surface area contributed by atoms with Gasteiger partial charge in [0, 0.05) is 32.1 Å². The predicted octanol–water partition coefficient (Wildman–Crippen LogP) is 1.39. The molecule has 1 aromatic carbocycles. The number of hydrogen-bond acceptors (Lipinski definition) is 3. The van der Waals surface area contributed by atoms with Crippen LogP contribution in [0.15, 0.2) is 24.3 Å². The van der Waals surface area contributed by atoms with E-state index in [9.17, 15) is 4.79 Å². The Morgan fingerprint density at radius 1 is 1.27 bits per heavy atom. The molecule has 1 fully saturated rings. The van der Waals surface area contributed by atoms with Crippen molar-refractivity contribution in [3.05, 3.63) is 35.4 Å². The van der Waals surface area contributed by atoms with Crippen molar-refractivity contribution < 1.29 is 9.53 Å².